The number of aryl methyl sites for hydroxylation is 2. The molecule has 0 amide bonds. The monoisotopic (exact) mass is 310 g/mol. The summed E-state index contributed by atoms with van der Waals surface area (Å²) >= 11 is 5.17. The first kappa shape index (κ1) is 12.6. The second kappa shape index (κ2) is 5.19. The largest absolute Gasteiger partial charge is 0.376 e. The molecule has 4 heteroatoms. The highest BCUT2D eigenvalue weighted by Crippen LogP contribution is 2.28. The van der Waals surface area contributed by atoms with Crippen LogP contribution in [0, 0.1) is 13.8 Å². The highest BCUT2D eigenvalue weighted by Gasteiger charge is 2.11. The fourth-order valence-electron chi connectivity index (χ4n) is 1.81. The third kappa shape index (κ3) is 2.87. The van der Waals surface area contributed by atoms with Gasteiger partial charge in [-0.1, -0.05) is 0 Å². The second-order valence-corrected chi connectivity index (χ2v) is 5.86. The van der Waals surface area contributed by atoms with Gasteiger partial charge in [-0.25, -0.2) is 4.98 Å². The van der Waals surface area contributed by atoms with Crippen molar-refractivity contribution >= 4 is 33.0 Å². The van der Waals surface area contributed by atoms with Gasteiger partial charge in [0.1, 0.15) is 4.60 Å². The van der Waals surface area contributed by atoms with Crippen molar-refractivity contribution in [3.05, 3.63) is 44.3 Å². The zero-order chi connectivity index (χ0) is 12.4. The lowest BCUT2D eigenvalue weighted by Gasteiger charge is -2.16. The van der Waals surface area contributed by atoms with Gasteiger partial charge in [0, 0.05) is 4.88 Å². The highest BCUT2D eigenvalue weighted by atomic mass is 79.9. The van der Waals surface area contributed by atoms with Gasteiger partial charge in [0.2, 0.25) is 0 Å². The molecule has 0 saturated heterocycles. The number of halogens is 1. The van der Waals surface area contributed by atoms with Gasteiger partial charge >= 0.3 is 0 Å². The summed E-state index contributed by atoms with van der Waals surface area (Å²) in [5.74, 6) is 0. The predicted octanol–water partition coefficient (Wildman–Crippen LogP) is 4.70. The molecule has 0 bridgehead atoms. The van der Waals surface area contributed by atoms with Crippen LogP contribution in [0.1, 0.15) is 29.1 Å². The zero-order valence-electron chi connectivity index (χ0n) is 10.1. The molecule has 0 aromatic carbocycles. The van der Waals surface area contributed by atoms with Gasteiger partial charge in [0.05, 0.1) is 17.4 Å². The lowest BCUT2D eigenvalue weighted by molar-refractivity contribution is 0.892. The van der Waals surface area contributed by atoms with Crippen molar-refractivity contribution in [1.82, 2.24) is 4.98 Å². The standard InChI is InChI=1S/C13H15BrN2S/c1-8-6-7-17-13(8)10(3)15-11-4-5-12(14)16-9(11)2/h4-7,10,15H,1-3H3. The van der Waals surface area contributed by atoms with Gasteiger partial charge in [0.25, 0.3) is 0 Å². The van der Waals surface area contributed by atoms with E-state index in [4.69, 9.17) is 0 Å². The molecule has 0 saturated carbocycles. The minimum atomic E-state index is 0.316. The summed E-state index contributed by atoms with van der Waals surface area (Å²) in [5.41, 5.74) is 3.45. The molecule has 0 aliphatic rings. The molecule has 2 rings (SSSR count). The van der Waals surface area contributed by atoms with Crippen molar-refractivity contribution in [2.24, 2.45) is 0 Å². The predicted molar refractivity (Wildman–Crippen MR) is 77.8 cm³/mol. The molecule has 1 N–H and O–H groups in total. The van der Waals surface area contributed by atoms with Crippen molar-refractivity contribution in [1.29, 1.82) is 0 Å². The molecular weight excluding hydrogens is 296 g/mol. The molecule has 0 spiro atoms. The van der Waals surface area contributed by atoms with Crippen LogP contribution < -0.4 is 5.32 Å². The minimum Gasteiger partial charge on any atom is -0.376 e. The number of hydrogen-bond donors (Lipinski definition) is 1. The molecular formula is C13H15BrN2S. The van der Waals surface area contributed by atoms with E-state index >= 15 is 0 Å². The maximum atomic E-state index is 4.39. The van der Waals surface area contributed by atoms with Crippen LogP contribution in [0.25, 0.3) is 0 Å². The summed E-state index contributed by atoms with van der Waals surface area (Å²) in [6, 6.07) is 6.50. The van der Waals surface area contributed by atoms with E-state index < -0.39 is 0 Å². The maximum absolute atomic E-state index is 4.39. The van der Waals surface area contributed by atoms with Crippen LogP contribution in [0.2, 0.25) is 0 Å². The number of hydrogen-bond acceptors (Lipinski definition) is 3. The first-order chi connectivity index (χ1) is 8.08. The molecule has 2 nitrogen and oxygen atoms in total. The molecule has 0 radical (unpaired) electrons. The van der Waals surface area contributed by atoms with Crippen molar-refractivity contribution in [3.63, 3.8) is 0 Å². The molecule has 17 heavy (non-hydrogen) atoms. The van der Waals surface area contributed by atoms with Crippen molar-refractivity contribution < 1.29 is 0 Å². The Kier molecular flexibility index (Phi) is 3.84. The molecule has 2 heterocycles. The van der Waals surface area contributed by atoms with Crippen molar-refractivity contribution in [3.8, 4) is 0 Å². The molecule has 0 aliphatic heterocycles. The first-order valence-corrected chi connectivity index (χ1v) is 7.19. The van der Waals surface area contributed by atoms with Crippen LogP contribution in [-0.2, 0) is 0 Å². The number of thiophene rings is 1. The Hall–Kier alpha value is -0.870. The lowest BCUT2D eigenvalue weighted by Crippen LogP contribution is -2.07. The topological polar surface area (TPSA) is 24.9 Å². The summed E-state index contributed by atoms with van der Waals surface area (Å²) in [7, 11) is 0. The fraction of sp³-hybridized carbons (Fsp3) is 0.308. The van der Waals surface area contributed by atoms with E-state index in [2.05, 4.69) is 57.6 Å². The van der Waals surface area contributed by atoms with Crippen LogP contribution in [0.4, 0.5) is 5.69 Å². The number of aromatic nitrogens is 1. The molecule has 2 aromatic rings. The number of anilines is 1. The Morgan fingerprint density at radius 3 is 2.65 bits per heavy atom. The third-order valence-electron chi connectivity index (χ3n) is 2.72. The van der Waals surface area contributed by atoms with Gasteiger partial charge in [-0.15, -0.1) is 11.3 Å². The normalized spacial score (nSPS) is 12.5. The van der Waals surface area contributed by atoms with Crippen LogP contribution in [0.15, 0.2) is 28.2 Å². The van der Waals surface area contributed by atoms with Gasteiger partial charge in [-0.3, -0.25) is 0 Å². The van der Waals surface area contributed by atoms with Crippen LogP contribution in [0.3, 0.4) is 0 Å². The molecule has 90 valence electrons. The van der Waals surface area contributed by atoms with Gasteiger partial charge in [-0.05, 0) is 65.8 Å². The maximum Gasteiger partial charge on any atom is 0.106 e. The van der Waals surface area contributed by atoms with E-state index in [0.717, 1.165) is 16.0 Å². The Morgan fingerprint density at radius 2 is 2.06 bits per heavy atom. The van der Waals surface area contributed by atoms with Crippen LogP contribution in [0.5, 0.6) is 0 Å². The summed E-state index contributed by atoms with van der Waals surface area (Å²) in [6.45, 7) is 6.35. The number of nitrogens with one attached hydrogen (secondary N) is 1. The first-order valence-electron chi connectivity index (χ1n) is 5.51. The SMILES string of the molecule is Cc1ccsc1C(C)Nc1ccc(Br)nc1C. The zero-order valence-corrected chi connectivity index (χ0v) is 12.5. The molecule has 2 aromatic heterocycles. The lowest BCUT2D eigenvalue weighted by atomic mass is 10.2. The van der Waals surface area contributed by atoms with Gasteiger partial charge in [-0.2, -0.15) is 0 Å². The summed E-state index contributed by atoms with van der Waals surface area (Å²) in [4.78, 5) is 5.77. The Morgan fingerprint density at radius 1 is 1.29 bits per heavy atom. The van der Waals surface area contributed by atoms with E-state index in [-0.39, 0.29) is 0 Å². The number of nitrogens with zero attached hydrogens (tertiary/aromatic N) is 1. The Balaban J connectivity index is 2.19. The van der Waals surface area contributed by atoms with Crippen LogP contribution in [-0.4, -0.2) is 4.98 Å². The van der Waals surface area contributed by atoms with Gasteiger partial charge < -0.3 is 5.32 Å². The minimum absolute atomic E-state index is 0.316. The molecule has 1 unspecified atom stereocenters. The van der Waals surface area contributed by atoms with E-state index in [1.807, 2.05) is 13.0 Å². The van der Waals surface area contributed by atoms with E-state index in [0.29, 0.717) is 6.04 Å². The molecule has 1 atom stereocenters. The summed E-state index contributed by atoms with van der Waals surface area (Å²) in [6.07, 6.45) is 0. The number of rotatable bonds is 3. The third-order valence-corrected chi connectivity index (χ3v) is 4.36. The fourth-order valence-corrected chi connectivity index (χ4v) is 3.14. The van der Waals surface area contributed by atoms with Crippen molar-refractivity contribution in [2.45, 2.75) is 26.8 Å². The van der Waals surface area contributed by atoms with E-state index in [1.165, 1.54) is 10.4 Å². The second-order valence-electron chi connectivity index (χ2n) is 4.10. The summed E-state index contributed by atoms with van der Waals surface area (Å²) in [5, 5.41) is 5.64. The van der Waals surface area contributed by atoms with E-state index in [1.54, 1.807) is 11.3 Å². The van der Waals surface area contributed by atoms with Gasteiger partial charge in [0.15, 0.2) is 0 Å². The smallest absolute Gasteiger partial charge is 0.106 e. The highest BCUT2D eigenvalue weighted by molar-refractivity contribution is 9.10. The Labute approximate surface area is 114 Å². The molecule has 0 aliphatic carbocycles. The average molecular weight is 311 g/mol. The van der Waals surface area contributed by atoms with Crippen molar-refractivity contribution in [2.75, 3.05) is 5.32 Å². The molecule has 0 fully saturated rings. The average Bonchev–Trinajstić information content (AvgIpc) is 2.68. The summed E-state index contributed by atoms with van der Waals surface area (Å²) < 4.78 is 0.875. The van der Waals surface area contributed by atoms with Crippen LogP contribution >= 0.6 is 27.3 Å². The number of pyridine rings is 1. The Bertz CT molecular complexity index is 522. The van der Waals surface area contributed by atoms with E-state index in [9.17, 15) is 0 Å². The quantitative estimate of drug-likeness (QED) is 0.831.